The summed E-state index contributed by atoms with van der Waals surface area (Å²) < 4.78 is 13.1. The number of halogens is 1. The van der Waals surface area contributed by atoms with Crippen molar-refractivity contribution in [1.82, 2.24) is 4.98 Å². The van der Waals surface area contributed by atoms with Gasteiger partial charge in [-0.15, -0.1) is 0 Å². The highest BCUT2D eigenvalue weighted by Gasteiger charge is 2.03. The first kappa shape index (κ1) is 13.0. The van der Waals surface area contributed by atoms with E-state index in [0.717, 1.165) is 11.1 Å². The molecular formula is C15H13FN2O. The van der Waals surface area contributed by atoms with Gasteiger partial charge in [0.1, 0.15) is 5.82 Å². The van der Waals surface area contributed by atoms with E-state index in [1.165, 1.54) is 18.2 Å². The molecule has 3 nitrogen and oxygen atoms in total. The molecule has 0 aliphatic rings. The fraction of sp³-hybridized carbons (Fsp3) is 0.0667. The lowest BCUT2D eigenvalue weighted by atomic mass is 10.2. The predicted octanol–water partition coefficient (Wildman–Crippen LogP) is 3.18. The van der Waals surface area contributed by atoms with Crippen molar-refractivity contribution < 1.29 is 9.18 Å². The maximum atomic E-state index is 13.1. The Labute approximate surface area is 110 Å². The first-order chi connectivity index (χ1) is 9.15. The average Bonchev–Trinajstić information content (AvgIpc) is 2.42. The van der Waals surface area contributed by atoms with Gasteiger partial charge in [-0.25, -0.2) is 4.39 Å². The number of nitrogens with zero attached hydrogens (tertiary/aromatic N) is 1. The zero-order valence-electron chi connectivity index (χ0n) is 10.4. The number of carbonyl (C=O) groups is 1. The molecule has 1 aromatic carbocycles. The van der Waals surface area contributed by atoms with Crippen molar-refractivity contribution in [3.63, 3.8) is 0 Å². The van der Waals surface area contributed by atoms with Gasteiger partial charge in [-0.1, -0.05) is 12.1 Å². The summed E-state index contributed by atoms with van der Waals surface area (Å²) in [6.07, 6.45) is 6.35. The topological polar surface area (TPSA) is 42.0 Å². The summed E-state index contributed by atoms with van der Waals surface area (Å²) in [5, 5.41) is 2.64. The molecule has 0 bridgehead atoms. The molecule has 0 saturated heterocycles. The van der Waals surface area contributed by atoms with Crippen LogP contribution in [0.2, 0.25) is 0 Å². The van der Waals surface area contributed by atoms with Gasteiger partial charge in [0, 0.05) is 24.2 Å². The van der Waals surface area contributed by atoms with E-state index in [-0.39, 0.29) is 11.7 Å². The van der Waals surface area contributed by atoms with Gasteiger partial charge in [-0.05, 0) is 42.3 Å². The zero-order chi connectivity index (χ0) is 13.7. The first-order valence-electron chi connectivity index (χ1n) is 5.80. The number of carbonyl (C=O) groups excluding carboxylic acids is 1. The van der Waals surface area contributed by atoms with Gasteiger partial charge in [0.05, 0.1) is 0 Å². The molecule has 96 valence electrons. The Morgan fingerprint density at radius 3 is 2.95 bits per heavy atom. The van der Waals surface area contributed by atoms with Gasteiger partial charge in [0.2, 0.25) is 5.91 Å². The van der Waals surface area contributed by atoms with Crippen molar-refractivity contribution >= 4 is 17.7 Å². The number of benzene rings is 1. The van der Waals surface area contributed by atoms with Gasteiger partial charge >= 0.3 is 0 Å². The Hall–Kier alpha value is -2.49. The highest BCUT2D eigenvalue weighted by Crippen LogP contribution is 2.15. The van der Waals surface area contributed by atoms with Crippen LogP contribution in [-0.2, 0) is 4.79 Å². The second-order valence-electron chi connectivity index (χ2n) is 4.07. The van der Waals surface area contributed by atoms with E-state index in [0.29, 0.717) is 5.69 Å². The van der Waals surface area contributed by atoms with Crippen LogP contribution in [0.5, 0.6) is 0 Å². The van der Waals surface area contributed by atoms with Gasteiger partial charge in [0.25, 0.3) is 0 Å². The van der Waals surface area contributed by atoms with Crippen molar-refractivity contribution in [1.29, 1.82) is 0 Å². The van der Waals surface area contributed by atoms with Crippen LogP contribution in [0.25, 0.3) is 6.08 Å². The lowest BCUT2D eigenvalue weighted by molar-refractivity contribution is -0.111. The van der Waals surface area contributed by atoms with Crippen molar-refractivity contribution in [3.8, 4) is 0 Å². The number of amides is 1. The van der Waals surface area contributed by atoms with E-state index in [2.05, 4.69) is 10.3 Å². The third-order valence-corrected chi connectivity index (χ3v) is 2.57. The van der Waals surface area contributed by atoms with E-state index in [1.54, 1.807) is 37.5 Å². The minimum atomic E-state index is -0.378. The number of hydrogen-bond donors (Lipinski definition) is 1. The Balaban J connectivity index is 2.06. The molecule has 1 amide bonds. The standard InChI is InChI=1S/C15H13FN2O/c1-11-4-6-13(16)9-14(11)18-15(19)7-5-12-3-2-8-17-10-12/h2-10H,1H3,(H,18,19). The SMILES string of the molecule is Cc1ccc(F)cc1NC(=O)C=Cc1cccnc1. The summed E-state index contributed by atoms with van der Waals surface area (Å²) in [6.45, 7) is 1.81. The molecule has 0 fully saturated rings. The Bertz CT molecular complexity index is 609. The summed E-state index contributed by atoms with van der Waals surface area (Å²) in [7, 11) is 0. The maximum absolute atomic E-state index is 13.1. The molecule has 0 atom stereocenters. The van der Waals surface area contributed by atoms with Crippen molar-refractivity contribution in [2.75, 3.05) is 5.32 Å². The summed E-state index contributed by atoms with van der Waals surface area (Å²) in [5.41, 5.74) is 2.11. The third kappa shape index (κ3) is 3.74. The number of aromatic nitrogens is 1. The van der Waals surface area contributed by atoms with Crippen LogP contribution in [0.15, 0.2) is 48.8 Å². The maximum Gasteiger partial charge on any atom is 0.248 e. The molecule has 1 aromatic heterocycles. The Morgan fingerprint density at radius 2 is 2.21 bits per heavy atom. The summed E-state index contributed by atoms with van der Waals surface area (Å²) >= 11 is 0. The predicted molar refractivity (Wildman–Crippen MR) is 73.0 cm³/mol. The monoisotopic (exact) mass is 256 g/mol. The number of aryl methyl sites for hydroxylation is 1. The summed E-state index contributed by atoms with van der Waals surface area (Å²) in [5.74, 6) is -0.685. The van der Waals surface area contributed by atoms with Crippen LogP contribution in [0.1, 0.15) is 11.1 Å². The Kier molecular flexibility index (Phi) is 4.03. The van der Waals surface area contributed by atoms with Crippen molar-refractivity contribution in [3.05, 3.63) is 65.7 Å². The number of anilines is 1. The van der Waals surface area contributed by atoms with E-state index in [1.807, 2.05) is 6.07 Å². The molecule has 0 aliphatic carbocycles. The normalized spacial score (nSPS) is 10.6. The molecule has 0 radical (unpaired) electrons. The smallest absolute Gasteiger partial charge is 0.248 e. The second-order valence-corrected chi connectivity index (χ2v) is 4.07. The van der Waals surface area contributed by atoms with E-state index in [9.17, 15) is 9.18 Å². The van der Waals surface area contributed by atoms with Crippen molar-refractivity contribution in [2.24, 2.45) is 0 Å². The lowest BCUT2D eigenvalue weighted by Gasteiger charge is -2.05. The molecule has 1 heterocycles. The molecule has 2 rings (SSSR count). The van der Waals surface area contributed by atoms with Crippen LogP contribution in [-0.4, -0.2) is 10.9 Å². The summed E-state index contributed by atoms with van der Waals surface area (Å²) in [6, 6.07) is 7.90. The van der Waals surface area contributed by atoms with Crippen LogP contribution >= 0.6 is 0 Å². The molecule has 4 heteroatoms. The number of nitrogens with one attached hydrogen (secondary N) is 1. The molecule has 0 saturated carbocycles. The largest absolute Gasteiger partial charge is 0.322 e. The minimum absolute atomic E-state index is 0.308. The molecule has 0 spiro atoms. The van der Waals surface area contributed by atoms with Gasteiger partial charge in [0.15, 0.2) is 0 Å². The first-order valence-corrected chi connectivity index (χ1v) is 5.80. The molecule has 2 aromatic rings. The van der Waals surface area contributed by atoms with Gasteiger partial charge < -0.3 is 5.32 Å². The van der Waals surface area contributed by atoms with E-state index < -0.39 is 0 Å². The third-order valence-electron chi connectivity index (χ3n) is 2.57. The highest BCUT2D eigenvalue weighted by atomic mass is 19.1. The zero-order valence-corrected chi connectivity index (χ0v) is 10.4. The molecular weight excluding hydrogens is 243 g/mol. The van der Waals surface area contributed by atoms with Gasteiger partial charge in [-0.2, -0.15) is 0 Å². The number of rotatable bonds is 3. The van der Waals surface area contributed by atoms with E-state index >= 15 is 0 Å². The molecule has 19 heavy (non-hydrogen) atoms. The molecule has 0 aliphatic heterocycles. The Morgan fingerprint density at radius 1 is 1.37 bits per heavy atom. The quantitative estimate of drug-likeness (QED) is 0.857. The average molecular weight is 256 g/mol. The molecule has 0 unspecified atom stereocenters. The minimum Gasteiger partial charge on any atom is -0.322 e. The second kappa shape index (κ2) is 5.91. The van der Waals surface area contributed by atoms with E-state index in [4.69, 9.17) is 0 Å². The fourth-order valence-electron chi connectivity index (χ4n) is 1.55. The van der Waals surface area contributed by atoms with Crippen LogP contribution in [0.3, 0.4) is 0 Å². The molecule has 1 N–H and O–H groups in total. The summed E-state index contributed by atoms with van der Waals surface area (Å²) in [4.78, 5) is 15.6. The number of hydrogen-bond acceptors (Lipinski definition) is 2. The van der Waals surface area contributed by atoms with Crippen LogP contribution < -0.4 is 5.32 Å². The lowest BCUT2D eigenvalue weighted by Crippen LogP contribution is -2.09. The highest BCUT2D eigenvalue weighted by molar-refractivity contribution is 6.02. The van der Waals surface area contributed by atoms with Gasteiger partial charge in [-0.3, -0.25) is 9.78 Å². The van der Waals surface area contributed by atoms with Crippen LogP contribution in [0, 0.1) is 12.7 Å². The number of pyridine rings is 1. The fourth-order valence-corrected chi connectivity index (χ4v) is 1.55. The van der Waals surface area contributed by atoms with Crippen LogP contribution in [0.4, 0.5) is 10.1 Å². The van der Waals surface area contributed by atoms with Crippen molar-refractivity contribution in [2.45, 2.75) is 6.92 Å².